The van der Waals surface area contributed by atoms with Gasteiger partial charge in [0.2, 0.25) is 0 Å². The van der Waals surface area contributed by atoms with E-state index in [9.17, 15) is 13.2 Å². The van der Waals surface area contributed by atoms with Gasteiger partial charge in [-0.15, -0.1) is 0 Å². The number of aromatic amines is 1. The van der Waals surface area contributed by atoms with E-state index in [4.69, 9.17) is 9.47 Å². The summed E-state index contributed by atoms with van der Waals surface area (Å²) in [6.07, 6.45) is 3.39. The van der Waals surface area contributed by atoms with Crippen LogP contribution in [0, 0.1) is 6.92 Å². The predicted molar refractivity (Wildman–Crippen MR) is 127 cm³/mol. The molecule has 0 amide bonds. The zero-order chi connectivity index (χ0) is 23.8. The molecule has 33 heavy (non-hydrogen) atoms. The molecule has 0 radical (unpaired) electrons. The minimum absolute atomic E-state index is 0.165. The molecule has 0 saturated heterocycles. The molecule has 2 aromatic carbocycles. The molecule has 1 aromatic heterocycles. The molecule has 0 bridgehead atoms. The van der Waals surface area contributed by atoms with Crippen molar-refractivity contribution in [2.45, 2.75) is 37.5 Å². The van der Waals surface area contributed by atoms with E-state index in [1.807, 2.05) is 6.07 Å². The first-order chi connectivity index (χ1) is 15.8. The van der Waals surface area contributed by atoms with Gasteiger partial charge in [-0.2, -0.15) is 5.10 Å². The number of nitrogens with zero attached hydrogens (tertiary/aromatic N) is 2. The molecule has 1 aliphatic carbocycles. The van der Waals surface area contributed by atoms with Crippen molar-refractivity contribution in [3.8, 4) is 22.8 Å². The summed E-state index contributed by atoms with van der Waals surface area (Å²) in [7, 11) is 0.587. The Morgan fingerprint density at radius 1 is 1.00 bits per heavy atom. The Bertz CT molecular complexity index is 1360. The van der Waals surface area contributed by atoms with Crippen LogP contribution < -0.4 is 19.3 Å². The lowest BCUT2D eigenvalue weighted by atomic mass is 9.90. The van der Waals surface area contributed by atoms with Gasteiger partial charge in [-0.25, -0.2) is 13.5 Å². The zero-order valence-corrected chi connectivity index (χ0v) is 20.0. The van der Waals surface area contributed by atoms with E-state index >= 15 is 0 Å². The van der Waals surface area contributed by atoms with Crippen LogP contribution in [0.25, 0.3) is 11.3 Å². The molecule has 0 spiro atoms. The minimum atomic E-state index is -3.92. The Hall–Kier alpha value is -3.33. The van der Waals surface area contributed by atoms with Gasteiger partial charge in [-0.1, -0.05) is 12.1 Å². The van der Waals surface area contributed by atoms with E-state index in [2.05, 4.69) is 10.2 Å². The van der Waals surface area contributed by atoms with Crippen LogP contribution >= 0.6 is 0 Å². The molecule has 8 nitrogen and oxygen atoms in total. The average Bonchev–Trinajstić information content (AvgIpc) is 2.84. The molecule has 0 aliphatic heterocycles. The van der Waals surface area contributed by atoms with E-state index in [0.29, 0.717) is 40.4 Å². The van der Waals surface area contributed by atoms with Gasteiger partial charge < -0.3 is 9.47 Å². The summed E-state index contributed by atoms with van der Waals surface area (Å²) in [5.41, 5.74) is 3.77. The second-order valence-electron chi connectivity index (χ2n) is 8.06. The second-order valence-corrected chi connectivity index (χ2v) is 9.99. The molecule has 1 heterocycles. The summed E-state index contributed by atoms with van der Waals surface area (Å²) in [6, 6.07) is 10.2. The molecule has 174 valence electrons. The van der Waals surface area contributed by atoms with Crippen LogP contribution in [0.15, 0.2) is 46.1 Å². The third kappa shape index (κ3) is 4.08. The number of ether oxygens (including phenoxy) is 2. The Balaban J connectivity index is 1.81. The lowest BCUT2D eigenvalue weighted by molar-refractivity contribution is 0.395. The number of methoxy groups -OCH3 is 2. The number of hydrogen-bond donors (Lipinski definition) is 1. The normalized spacial score (nSPS) is 13.3. The summed E-state index contributed by atoms with van der Waals surface area (Å²) in [6.45, 7) is 1.76. The molecule has 9 heteroatoms. The molecule has 0 unspecified atom stereocenters. The molecule has 0 fully saturated rings. The number of fused-ring (bicyclic) bond motifs is 1. The highest BCUT2D eigenvalue weighted by Gasteiger charge is 2.27. The number of rotatable bonds is 6. The van der Waals surface area contributed by atoms with Crippen molar-refractivity contribution in [3.05, 3.63) is 63.4 Å². The topological polar surface area (TPSA) is 102 Å². The maximum atomic E-state index is 13.7. The standard InChI is InChI=1S/C24H27N3O5S/c1-15-9-10-16(23-18-7-5-6-8-19(18)24(28)26-25-23)13-22(15)33(29,30)27(2)20-12-11-17(31-3)14-21(20)32-4/h9-14H,5-8H2,1-4H3,(H,26,28). The predicted octanol–water partition coefficient (Wildman–Crippen LogP) is 3.47. The van der Waals surface area contributed by atoms with Crippen LogP contribution in [-0.2, 0) is 22.9 Å². The van der Waals surface area contributed by atoms with Crippen molar-refractivity contribution in [1.29, 1.82) is 0 Å². The maximum Gasteiger partial charge on any atom is 0.267 e. The van der Waals surface area contributed by atoms with E-state index in [0.717, 1.165) is 30.4 Å². The lowest BCUT2D eigenvalue weighted by Crippen LogP contribution is -2.27. The lowest BCUT2D eigenvalue weighted by Gasteiger charge is -2.23. The van der Waals surface area contributed by atoms with Gasteiger partial charge in [-0.3, -0.25) is 9.10 Å². The maximum absolute atomic E-state index is 13.7. The molecule has 0 atom stereocenters. The molecule has 4 rings (SSSR count). The van der Waals surface area contributed by atoms with Gasteiger partial charge >= 0.3 is 0 Å². The third-order valence-electron chi connectivity index (χ3n) is 6.12. The van der Waals surface area contributed by atoms with Gasteiger partial charge in [0.05, 0.1) is 30.5 Å². The number of hydrogen-bond acceptors (Lipinski definition) is 6. The van der Waals surface area contributed by atoms with Crippen LogP contribution in [0.5, 0.6) is 11.5 Å². The fourth-order valence-corrected chi connectivity index (χ4v) is 5.70. The molecule has 1 N–H and O–H groups in total. The van der Waals surface area contributed by atoms with Crippen LogP contribution in [0.1, 0.15) is 29.5 Å². The van der Waals surface area contributed by atoms with Crippen molar-refractivity contribution in [2.75, 3.05) is 25.6 Å². The highest BCUT2D eigenvalue weighted by molar-refractivity contribution is 7.92. The highest BCUT2D eigenvalue weighted by Crippen LogP contribution is 2.36. The molecule has 1 aliphatic rings. The quantitative estimate of drug-likeness (QED) is 0.593. The first-order valence-corrected chi connectivity index (χ1v) is 12.1. The number of aromatic nitrogens is 2. The molecular formula is C24H27N3O5S. The SMILES string of the molecule is COc1ccc(N(C)S(=O)(=O)c2cc(-c3n[nH]c(=O)c4c3CCCC4)ccc2C)c(OC)c1. The van der Waals surface area contributed by atoms with Crippen molar-refractivity contribution in [2.24, 2.45) is 0 Å². The van der Waals surface area contributed by atoms with Crippen molar-refractivity contribution in [3.63, 3.8) is 0 Å². The van der Waals surface area contributed by atoms with Gasteiger partial charge in [0.1, 0.15) is 11.5 Å². The second kappa shape index (κ2) is 8.90. The summed E-state index contributed by atoms with van der Waals surface area (Å²) in [5.74, 6) is 0.944. The van der Waals surface area contributed by atoms with Crippen LogP contribution in [-0.4, -0.2) is 39.9 Å². The van der Waals surface area contributed by atoms with Gasteiger partial charge in [-0.05, 0) is 61.9 Å². The Morgan fingerprint density at radius 3 is 2.42 bits per heavy atom. The third-order valence-corrected chi connectivity index (χ3v) is 8.04. The van der Waals surface area contributed by atoms with Crippen LogP contribution in [0.2, 0.25) is 0 Å². The molecule has 3 aromatic rings. The number of H-pyrrole nitrogens is 1. The van der Waals surface area contributed by atoms with Crippen molar-refractivity contribution >= 4 is 15.7 Å². The van der Waals surface area contributed by atoms with E-state index < -0.39 is 10.0 Å². The first kappa shape index (κ1) is 22.8. The van der Waals surface area contributed by atoms with Gasteiger partial charge in [0.25, 0.3) is 15.6 Å². The number of anilines is 1. The summed E-state index contributed by atoms with van der Waals surface area (Å²) in [4.78, 5) is 12.4. The molecule has 0 saturated carbocycles. The zero-order valence-electron chi connectivity index (χ0n) is 19.1. The minimum Gasteiger partial charge on any atom is -0.497 e. The summed E-state index contributed by atoms with van der Waals surface area (Å²) in [5, 5.41) is 6.86. The highest BCUT2D eigenvalue weighted by atomic mass is 32.2. The van der Waals surface area contributed by atoms with Crippen molar-refractivity contribution < 1.29 is 17.9 Å². The van der Waals surface area contributed by atoms with E-state index in [1.54, 1.807) is 37.3 Å². The number of sulfonamides is 1. The van der Waals surface area contributed by atoms with Crippen LogP contribution in [0.4, 0.5) is 5.69 Å². The molecular weight excluding hydrogens is 442 g/mol. The van der Waals surface area contributed by atoms with Gasteiger partial charge in [0.15, 0.2) is 0 Å². The fraction of sp³-hybridized carbons (Fsp3) is 0.333. The van der Waals surface area contributed by atoms with Crippen LogP contribution in [0.3, 0.4) is 0 Å². The largest absolute Gasteiger partial charge is 0.497 e. The fourth-order valence-electron chi connectivity index (χ4n) is 4.25. The monoisotopic (exact) mass is 469 g/mol. The Kier molecular flexibility index (Phi) is 6.16. The summed E-state index contributed by atoms with van der Waals surface area (Å²) >= 11 is 0. The van der Waals surface area contributed by atoms with Crippen molar-refractivity contribution in [1.82, 2.24) is 10.2 Å². The smallest absolute Gasteiger partial charge is 0.267 e. The number of nitrogens with one attached hydrogen (secondary N) is 1. The van der Waals surface area contributed by atoms with E-state index in [1.165, 1.54) is 25.6 Å². The first-order valence-electron chi connectivity index (χ1n) is 10.7. The summed E-state index contributed by atoms with van der Waals surface area (Å²) < 4.78 is 39.2. The van der Waals surface area contributed by atoms with E-state index in [-0.39, 0.29) is 10.5 Å². The number of benzene rings is 2. The Morgan fingerprint density at radius 2 is 1.73 bits per heavy atom. The Labute approximate surface area is 193 Å². The average molecular weight is 470 g/mol. The van der Waals surface area contributed by atoms with Gasteiger partial charge in [0, 0.05) is 24.2 Å². The number of aryl methyl sites for hydroxylation is 1.